The van der Waals surface area contributed by atoms with E-state index in [0.29, 0.717) is 15.9 Å². The largest absolute Gasteiger partial charge is 0.433 e. The van der Waals surface area contributed by atoms with Crippen LogP contribution >= 0.6 is 23.2 Å². The van der Waals surface area contributed by atoms with E-state index in [1.54, 1.807) is 19.9 Å². The van der Waals surface area contributed by atoms with E-state index in [2.05, 4.69) is 20.5 Å². The van der Waals surface area contributed by atoms with E-state index in [0.717, 1.165) is 6.07 Å². The SMILES string of the molecule is Cc1cc(C(F)(F)F)n2nc(C(=O)Nc3c(C)nn(Cc4c(F)cccc4Cl)c3C)c(Cl)c2n1. The maximum absolute atomic E-state index is 14.2. The van der Waals surface area contributed by atoms with Crippen LogP contribution in [0.3, 0.4) is 0 Å². The van der Waals surface area contributed by atoms with E-state index in [9.17, 15) is 22.4 Å². The molecule has 0 fully saturated rings. The van der Waals surface area contributed by atoms with Gasteiger partial charge in [0.05, 0.1) is 23.6 Å². The monoisotopic (exact) mass is 514 g/mol. The van der Waals surface area contributed by atoms with E-state index in [1.807, 2.05) is 0 Å². The molecule has 3 heterocycles. The lowest BCUT2D eigenvalue weighted by Gasteiger charge is -2.09. The van der Waals surface area contributed by atoms with Gasteiger partial charge in [0.1, 0.15) is 16.5 Å². The number of carbonyl (C=O) groups is 1. The Balaban J connectivity index is 1.69. The molecule has 0 unspecified atom stereocenters. The number of aryl methyl sites for hydroxylation is 2. The Hall–Kier alpha value is -3.18. The van der Waals surface area contributed by atoms with Crippen LogP contribution < -0.4 is 5.32 Å². The second-order valence-electron chi connectivity index (χ2n) is 7.54. The van der Waals surface area contributed by atoms with Crippen molar-refractivity contribution in [3.05, 3.63) is 74.2 Å². The Morgan fingerprint density at radius 2 is 1.85 bits per heavy atom. The smallest absolute Gasteiger partial charge is 0.317 e. The van der Waals surface area contributed by atoms with Crippen LogP contribution in [0.25, 0.3) is 5.65 Å². The molecule has 4 aromatic rings. The van der Waals surface area contributed by atoms with Crippen LogP contribution in [0.1, 0.15) is 38.8 Å². The van der Waals surface area contributed by atoms with Crippen molar-refractivity contribution in [3.8, 4) is 0 Å². The fourth-order valence-electron chi connectivity index (χ4n) is 3.50. The number of hydrogen-bond acceptors (Lipinski definition) is 4. The number of amides is 1. The Morgan fingerprint density at radius 3 is 2.50 bits per heavy atom. The third kappa shape index (κ3) is 4.21. The Labute approximate surface area is 200 Å². The summed E-state index contributed by atoms with van der Waals surface area (Å²) < 4.78 is 56.5. The number of anilines is 1. The molecule has 1 amide bonds. The molecule has 34 heavy (non-hydrogen) atoms. The molecule has 0 atom stereocenters. The lowest BCUT2D eigenvalue weighted by atomic mass is 10.2. The summed E-state index contributed by atoms with van der Waals surface area (Å²) >= 11 is 12.3. The van der Waals surface area contributed by atoms with Gasteiger partial charge < -0.3 is 5.32 Å². The number of benzene rings is 1. The quantitative estimate of drug-likeness (QED) is 0.358. The molecule has 13 heteroatoms. The predicted molar refractivity (Wildman–Crippen MR) is 118 cm³/mol. The highest BCUT2D eigenvalue weighted by molar-refractivity contribution is 6.37. The van der Waals surface area contributed by atoms with Crippen LogP contribution in [0.15, 0.2) is 24.3 Å². The molecule has 0 bridgehead atoms. The Bertz CT molecular complexity index is 1420. The van der Waals surface area contributed by atoms with Gasteiger partial charge in [-0.05, 0) is 39.0 Å². The van der Waals surface area contributed by atoms with Gasteiger partial charge in [0, 0.05) is 16.3 Å². The van der Waals surface area contributed by atoms with Crippen LogP contribution in [0.4, 0.5) is 23.2 Å². The van der Waals surface area contributed by atoms with Crippen molar-refractivity contribution in [2.75, 3.05) is 5.32 Å². The number of hydrogen-bond donors (Lipinski definition) is 1. The molecule has 0 saturated heterocycles. The van der Waals surface area contributed by atoms with Crippen molar-refractivity contribution in [1.82, 2.24) is 24.4 Å². The van der Waals surface area contributed by atoms with Gasteiger partial charge in [0.25, 0.3) is 5.91 Å². The molecule has 178 valence electrons. The molecular formula is C21H16Cl2F4N6O. The van der Waals surface area contributed by atoms with Crippen molar-refractivity contribution >= 4 is 40.4 Å². The Kier molecular flexibility index (Phi) is 6.03. The van der Waals surface area contributed by atoms with Gasteiger partial charge in [-0.2, -0.15) is 23.4 Å². The third-order valence-corrected chi connectivity index (χ3v) is 5.86. The van der Waals surface area contributed by atoms with Crippen molar-refractivity contribution in [2.24, 2.45) is 0 Å². The van der Waals surface area contributed by atoms with E-state index in [-0.39, 0.29) is 39.2 Å². The fraction of sp³-hybridized carbons (Fsp3) is 0.238. The number of halogens is 6. The van der Waals surface area contributed by atoms with Crippen molar-refractivity contribution < 1.29 is 22.4 Å². The molecule has 0 spiro atoms. The number of aromatic nitrogens is 5. The number of nitrogens with zero attached hydrogens (tertiary/aromatic N) is 5. The summed E-state index contributed by atoms with van der Waals surface area (Å²) in [6.07, 6.45) is -4.74. The molecule has 1 N–H and O–H groups in total. The lowest BCUT2D eigenvalue weighted by molar-refractivity contribution is -0.142. The molecule has 4 rings (SSSR count). The molecule has 0 aliphatic rings. The maximum Gasteiger partial charge on any atom is 0.433 e. The molecule has 0 aliphatic carbocycles. The number of nitrogens with one attached hydrogen (secondary N) is 1. The number of fused-ring (bicyclic) bond motifs is 1. The van der Waals surface area contributed by atoms with Crippen LogP contribution in [-0.2, 0) is 12.7 Å². The molecule has 7 nitrogen and oxygen atoms in total. The zero-order chi connectivity index (χ0) is 24.9. The number of alkyl halides is 3. The standard InChI is InChI=1S/C21H16Cl2F4N6O/c1-9-7-15(21(25,26)27)33-19(28-9)16(23)18(31-33)20(34)29-17-10(2)30-32(11(17)3)8-12-13(22)5-4-6-14(12)24/h4-7H,8H2,1-3H3,(H,29,34). The minimum atomic E-state index is -4.74. The summed E-state index contributed by atoms with van der Waals surface area (Å²) in [5.74, 6) is -1.36. The van der Waals surface area contributed by atoms with Crippen molar-refractivity contribution in [1.29, 1.82) is 0 Å². The van der Waals surface area contributed by atoms with Gasteiger partial charge in [-0.15, -0.1) is 0 Å². The lowest BCUT2D eigenvalue weighted by Crippen LogP contribution is -2.16. The zero-order valence-corrected chi connectivity index (χ0v) is 19.4. The van der Waals surface area contributed by atoms with E-state index in [1.165, 1.54) is 23.7 Å². The summed E-state index contributed by atoms with van der Waals surface area (Å²) in [7, 11) is 0. The number of carbonyl (C=O) groups excluding carboxylic acids is 1. The molecular weight excluding hydrogens is 499 g/mol. The molecule has 0 aliphatic heterocycles. The average Bonchev–Trinajstić information content (AvgIpc) is 3.21. The first kappa shape index (κ1) is 24.0. The highest BCUT2D eigenvalue weighted by Crippen LogP contribution is 2.33. The van der Waals surface area contributed by atoms with E-state index >= 15 is 0 Å². The van der Waals surface area contributed by atoms with Gasteiger partial charge in [-0.25, -0.2) is 13.9 Å². The highest BCUT2D eigenvalue weighted by atomic mass is 35.5. The molecule has 0 radical (unpaired) electrons. The van der Waals surface area contributed by atoms with Crippen LogP contribution in [0, 0.1) is 26.6 Å². The predicted octanol–water partition coefficient (Wildman–Crippen LogP) is 5.62. The van der Waals surface area contributed by atoms with E-state index < -0.39 is 29.3 Å². The van der Waals surface area contributed by atoms with Crippen molar-refractivity contribution in [2.45, 2.75) is 33.5 Å². The minimum absolute atomic E-state index is 0.00130. The summed E-state index contributed by atoms with van der Waals surface area (Å²) in [6.45, 7) is 4.63. The van der Waals surface area contributed by atoms with E-state index in [4.69, 9.17) is 23.2 Å². The highest BCUT2D eigenvalue weighted by Gasteiger charge is 2.36. The number of rotatable bonds is 4. The van der Waals surface area contributed by atoms with Gasteiger partial charge >= 0.3 is 6.18 Å². The summed E-state index contributed by atoms with van der Waals surface area (Å²) in [4.78, 5) is 16.9. The zero-order valence-electron chi connectivity index (χ0n) is 17.9. The van der Waals surface area contributed by atoms with Gasteiger partial charge in [-0.1, -0.05) is 29.3 Å². The maximum atomic E-state index is 14.2. The van der Waals surface area contributed by atoms with Crippen LogP contribution in [-0.4, -0.2) is 30.3 Å². The van der Waals surface area contributed by atoms with Gasteiger partial charge in [0.15, 0.2) is 11.3 Å². The van der Waals surface area contributed by atoms with Crippen LogP contribution in [0.5, 0.6) is 0 Å². The minimum Gasteiger partial charge on any atom is -0.317 e. The normalized spacial score (nSPS) is 11.9. The first-order valence-electron chi connectivity index (χ1n) is 9.79. The van der Waals surface area contributed by atoms with Crippen molar-refractivity contribution in [3.63, 3.8) is 0 Å². The third-order valence-electron chi connectivity index (χ3n) is 5.16. The first-order chi connectivity index (χ1) is 15.9. The summed E-state index contributed by atoms with van der Waals surface area (Å²) in [5, 5.41) is 10.6. The molecule has 3 aromatic heterocycles. The second kappa shape index (κ2) is 8.55. The Morgan fingerprint density at radius 1 is 1.15 bits per heavy atom. The van der Waals surface area contributed by atoms with Gasteiger partial charge in [-0.3, -0.25) is 9.48 Å². The van der Waals surface area contributed by atoms with Crippen LogP contribution in [0.2, 0.25) is 10.0 Å². The van der Waals surface area contributed by atoms with Gasteiger partial charge in [0.2, 0.25) is 0 Å². The summed E-state index contributed by atoms with van der Waals surface area (Å²) in [6, 6.07) is 5.11. The first-order valence-corrected chi connectivity index (χ1v) is 10.6. The summed E-state index contributed by atoms with van der Waals surface area (Å²) in [5.41, 5.74) is -0.418. The average molecular weight is 515 g/mol. The molecule has 1 aromatic carbocycles. The fourth-order valence-corrected chi connectivity index (χ4v) is 3.97. The molecule has 0 saturated carbocycles. The second-order valence-corrected chi connectivity index (χ2v) is 8.32. The topological polar surface area (TPSA) is 77.1 Å².